The highest BCUT2D eigenvalue weighted by molar-refractivity contribution is 5.98. The normalized spacial score (nSPS) is 10.9. The summed E-state index contributed by atoms with van der Waals surface area (Å²) in [6.07, 6.45) is -2.60. The molecule has 30 heavy (non-hydrogen) atoms. The van der Waals surface area contributed by atoms with Crippen LogP contribution in [0.4, 0.5) is 33.7 Å². The topological polar surface area (TPSA) is 105 Å². The van der Waals surface area contributed by atoms with Gasteiger partial charge in [-0.05, 0) is 30.3 Å². The number of urea groups is 1. The van der Waals surface area contributed by atoms with Gasteiger partial charge in [-0.25, -0.2) is 14.2 Å². The second-order valence-electron chi connectivity index (χ2n) is 5.77. The van der Waals surface area contributed by atoms with Gasteiger partial charge < -0.3 is 10.5 Å². The number of primary amides is 1. The number of nitrogens with two attached hydrogens (primary N) is 1. The van der Waals surface area contributed by atoms with Crippen LogP contribution in [0, 0.1) is 17.1 Å². The summed E-state index contributed by atoms with van der Waals surface area (Å²) in [6.45, 7) is 0. The maximum atomic E-state index is 14.7. The van der Waals surface area contributed by atoms with Crippen LogP contribution in [-0.2, 0) is 6.18 Å². The molecule has 3 aromatic rings. The molecule has 1 aromatic carbocycles. The Morgan fingerprint density at radius 1 is 1.07 bits per heavy atom. The maximum absolute atomic E-state index is 14.7. The fraction of sp³-hybridized carbons (Fsp3) is 0.0526. The smallest absolute Gasteiger partial charge is 0.433 e. The summed E-state index contributed by atoms with van der Waals surface area (Å²) >= 11 is 0. The lowest BCUT2D eigenvalue weighted by atomic mass is 10.2. The number of anilines is 2. The monoisotopic (exact) mass is 417 g/mol. The van der Waals surface area contributed by atoms with Crippen molar-refractivity contribution in [3.8, 4) is 17.6 Å². The number of alkyl halides is 3. The quantitative estimate of drug-likeness (QED) is 0.629. The molecule has 0 saturated carbocycles. The number of carbonyl (C=O) groups is 1. The SMILES string of the molecule is N#Cc1cc(Oc2ccc(N(C(N)=O)c3ccnc(C(F)(F)F)c3)c(F)c2)ccn1. The number of hydrogen-bond acceptors (Lipinski definition) is 5. The number of hydrogen-bond donors (Lipinski definition) is 1. The zero-order chi connectivity index (χ0) is 21.9. The Bertz CT molecular complexity index is 1140. The van der Waals surface area contributed by atoms with E-state index in [9.17, 15) is 22.4 Å². The number of nitrogens with zero attached hydrogens (tertiary/aromatic N) is 4. The minimum absolute atomic E-state index is 0.0152. The lowest BCUT2D eigenvalue weighted by molar-refractivity contribution is -0.141. The second kappa shape index (κ2) is 8.04. The summed E-state index contributed by atoms with van der Waals surface area (Å²) < 4.78 is 58.9. The second-order valence-corrected chi connectivity index (χ2v) is 5.77. The highest BCUT2D eigenvalue weighted by atomic mass is 19.4. The molecule has 7 nitrogen and oxygen atoms in total. The van der Waals surface area contributed by atoms with Crippen molar-refractivity contribution in [2.24, 2.45) is 5.73 Å². The fourth-order valence-electron chi connectivity index (χ4n) is 2.50. The molecule has 0 radical (unpaired) electrons. The van der Waals surface area contributed by atoms with Crippen molar-refractivity contribution in [3.63, 3.8) is 0 Å². The highest BCUT2D eigenvalue weighted by Crippen LogP contribution is 2.34. The van der Waals surface area contributed by atoms with Gasteiger partial charge in [-0.15, -0.1) is 0 Å². The van der Waals surface area contributed by atoms with Crippen LogP contribution in [0.25, 0.3) is 0 Å². The molecular formula is C19H11F4N5O2. The van der Waals surface area contributed by atoms with Gasteiger partial charge in [0.05, 0.1) is 11.4 Å². The van der Waals surface area contributed by atoms with Crippen molar-refractivity contribution < 1.29 is 27.1 Å². The van der Waals surface area contributed by atoms with Gasteiger partial charge >= 0.3 is 12.2 Å². The number of amides is 2. The third-order valence-electron chi connectivity index (χ3n) is 3.75. The van der Waals surface area contributed by atoms with Gasteiger partial charge in [0.1, 0.15) is 29.0 Å². The molecule has 0 aliphatic carbocycles. The Balaban J connectivity index is 1.95. The molecule has 0 atom stereocenters. The van der Waals surface area contributed by atoms with Crippen LogP contribution in [0.2, 0.25) is 0 Å². The van der Waals surface area contributed by atoms with E-state index >= 15 is 0 Å². The summed E-state index contributed by atoms with van der Waals surface area (Å²) in [5, 5.41) is 8.85. The molecule has 2 heterocycles. The number of ether oxygens (including phenoxy) is 1. The van der Waals surface area contributed by atoms with E-state index in [2.05, 4.69) is 9.97 Å². The maximum Gasteiger partial charge on any atom is 0.433 e. The first kappa shape index (κ1) is 20.5. The van der Waals surface area contributed by atoms with E-state index in [1.54, 1.807) is 0 Å². The molecular weight excluding hydrogens is 406 g/mol. The molecule has 152 valence electrons. The van der Waals surface area contributed by atoms with Gasteiger partial charge in [0.15, 0.2) is 5.82 Å². The minimum Gasteiger partial charge on any atom is -0.457 e. The van der Waals surface area contributed by atoms with Crippen LogP contribution in [0.3, 0.4) is 0 Å². The zero-order valence-electron chi connectivity index (χ0n) is 14.9. The van der Waals surface area contributed by atoms with Crippen LogP contribution in [-0.4, -0.2) is 16.0 Å². The molecule has 2 aromatic heterocycles. The Hall–Kier alpha value is -4.20. The third-order valence-corrected chi connectivity index (χ3v) is 3.75. The Morgan fingerprint density at radius 2 is 1.77 bits per heavy atom. The van der Waals surface area contributed by atoms with Gasteiger partial charge in [0.2, 0.25) is 0 Å². The Labute approximate surface area is 167 Å². The highest BCUT2D eigenvalue weighted by Gasteiger charge is 2.33. The fourth-order valence-corrected chi connectivity index (χ4v) is 2.50. The summed E-state index contributed by atoms with van der Waals surface area (Å²) in [4.78, 5) is 19.4. The molecule has 11 heteroatoms. The number of benzene rings is 1. The Morgan fingerprint density at radius 3 is 2.40 bits per heavy atom. The van der Waals surface area contributed by atoms with Crippen LogP contribution in [0.15, 0.2) is 54.9 Å². The molecule has 0 saturated heterocycles. The van der Waals surface area contributed by atoms with E-state index in [1.165, 1.54) is 24.4 Å². The number of rotatable bonds is 4. The molecule has 2 amide bonds. The molecule has 0 fully saturated rings. The van der Waals surface area contributed by atoms with Crippen molar-refractivity contribution in [2.45, 2.75) is 6.18 Å². The number of halogens is 4. The average molecular weight is 417 g/mol. The molecule has 0 spiro atoms. The van der Waals surface area contributed by atoms with Gasteiger partial charge in [0, 0.05) is 24.5 Å². The number of nitriles is 1. The summed E-state index contributed by atoms with van der Waals surface area (Å²) in [7, 11) is 0. The molecule has 3 rings (SSSR count). The summed E-state index contributed by atoms with van der Waals surface area (Å²) in [6, 6.07) is 8.39. The van der Waals surface area contributed by atoms with Crippen molar-refractivity contribution >= 4 is 17.4 Å². The van der Waals surface area contributed by atoms with Gasteiger partial charge in [-0.2, -0.15) is 18.4 Å². The van der Waals surface area contributed by atoms with E-state index in [4.69, 9.17) is 15.7 Å². The Kier molecular flexibility index (Phi) is 5.50. The van der Waals surface area contributed by atoms with E-state index in [-0.39, 0.29) is 28.6 Å². The zero-order valence-corrected chi connectivity index (χ0v) is 14.9. The number of aromatic nitrogens is 2. The van der Waals surface area contributed by atoms with E-state index in [0.717, 1.165) is 24.4 Å². The molecule has 2 N–H and O–H groups in total. The van der Waals surface area contributed by atoms with Crippen LogP contribution in [0.1, 0.15) is 11.4 Å². The van der Waals surface area contributed by atoms with Gasteiger partial charge in [0.25, 0.3) is 0 Å². The average Bonchev–Trinajstić information content (AvgIpc) is 2.69. The van der Waals surface area contributed by atoms with E-state index in [0.29, 0.717) is 11.0 Å². The lowest BCUT2D eigenvalue weighted by Crippen LogP contribution is -2.32. The molecule has 0 aliphatic rings. The molecule has 0 unspecified atom stereocenters. The first-order valence-corrected chi connectivity index (χ1v) is 8.15. The number of carbonyl (C=O) groups excluding carboxylic acids is 1. The first-order chi connectivity index (χ1) is 14.2. The number of pyridine rings is 2. The van der Waals surface area contributed by atoms with Crippen LogP contribution >= 0.6 is 0 Å². The van der Waals surface area contributed by atoms with E-state index in [1.807, 2.05) is 6.07 Å². The van der Waals surface area contributed by atoms with E-state index < -0.39 is 23.7 Å². The lowest BCUT2D eigenvalue weighted by Gasteiger charge is -2.22. The predicted octanol–water partition coefficient (Wildman–Crippen LogP) is 4.52. The predicted molar refractivity (Wildman–Crippen MR) is 96.4 cm³/mol. The van der Waals surface area contributed by atoms with Crippen LogP contribution < -0.4 is 15.4 Å². The molecule has 0 bridgehead atoms. The van der Waals surface area contributed by atoms with Crippen molar-refractivity contribution in [1.82, 2.24) is 9.97 Å². The molecule has 0 aliphatic heterocycles. The van der Waals surface area contributed by atoms with Crippen LogP contribution in [0.5, 0.6) is 11.5 Å². The third kappa shape index (κ3) is 4.44. The van der Waals surface area contributed by atoms with Crippen molar-refractivity contribution in [2.75, 3.05) is 4.90 Å². The minimum atomic E-state index is -4.76. The van der Waals surface area contributed by atoms with Crippen molar-refractivity contribution in [3.05, 3.63) is 72.1 Å². The largest absolute Gasteiger partial charge is 0.457 e. The summed E-state index contributed by atoms with van der Waals surface area (Å²) in [5.74, 6) is -0.753. The first-order valence-electron chi connectivity index (χ1n) is 8.15. The van der Waals surface area contributed by atoms with Crippen molar-refractivity contribution in [1.29, 1.82) is 5.26 Å². The standard InChI is InChI=1S/C19H11F4N5O2/c20-15-9-13(30-14-4-6-26-11(7-14)10-24)1-2-16(15)28(18(25)29)12-3-5-27-17(8-12)19(21,22)23/h1-9H,(H2,25,29). The van der Waals surface area contributed by atoms with Gasteiger partial charge in [-0.3, -0.25) is 9.88 Å². The van der Waals surface area contributed by atoms with Gasteiger partial charge in [-0.1, -0.05) is 0 Å². The summed E-state index contributed by atoms with van der Waals surface area (Å²) in [5.41, 5.74) is 3.39.